The van der Waals surface area contributed by atoms with Crippen molar-refractivity contribution in [3.05, 3.63) is 59.4 Å². The van der Waals surface area contributed by atoms with Gasteiger partial charge in [-0.1, -0.05) is 25.1 Å². The lowest BCUT2D eigenvalue weighted by molar-refractivity contribution is 0.242. The predicted molar refractivity (Wildman–Crippen MR) is 86.7 cm³/mol. The number of aryl methyl sites for hydroxylation is 1. The van der Waals surface area contributed by atoms with E-state index in [1.807, 2.05) is 45.3 Å². The Kier molecular flexibility index (Phi) is 5.34. The molecule has 1 unspecified atom stereocenters. The minimum atomic E-state index is 0.106. The van der Waals surface area contributed by atoms with Gasteiger partial charge in [0.2, 0.25) is 0 Å². The number of ether oxygens (including phenoxy) is 1. The molecule has 112 valence electrons. The molecule has 1 heterocycles. The minimum absolute atomic E-state index is 0.106. The fourth-order valence-electron chi connectivity index (χ4n) is 2.48. The third-order valence-corrected chi connectivity index (χ3v) is 3.45. The topological polar surface area (TPSA) is 34.2 Å². The second-order valence-corrected chi connectivity index (χ2v) is 5.36. The third kappa shape index (κ3) is 3.82. The maximum Gasteiger partial charge on any atom is 0.119 e. The van der Waals surface area contributed by atoms with Gasteiger partial charge in [-0.2, -0.15) is 0 Å². The summed E-state index contributed by atoms with van der Waals surface area (Å²) in [5.74, 6) is 0.903. The average molecular weight is 284 g/mol. The molecule has 0 saturated carbocycles. The number of hydrogen-bond donors (Lipinski definition) is 1. The van der Waals surface area contributed by atoms with Crippen molar-refractivity contribution in [3.8, 4) is 5.75 Å². The van der Waals surface area contributed by atoms with E-state index >= 15 is 0 Å². The monoisotopic (exact) mass is 284 g/mol. The highest BCUT2D eigenvalue weighted by Crippen LogP contribution is 2.25. The first-order valence-electron chi connectivity index (χ1n) is 7.53. The maximum absolute atomic E-state index is 5.70. The van der Waals surface area contributed by atoms with Gasteiger partial charge in [0.1, 0.15) is 5.75 Å². The van der Waals surface area contributed by atoms with Gasteiger partial charge >= 0.3 is 0 Å². The van der Waals surface area contributed by atoms with Gasteiger partial charge < -0.3 is 10.1 Å². The maximum atomic E-state index is 5.70. The van der Waals surface area contributed by atoms with Gasteiger partial charge in [-0.25, -0.2) is 0 Å². The van der Waals surface area contributed by atoms with E-state index in [0.717, 1.165) is 17.9 Å². The molecule has 0 aliphatic carbocycles. The van der Waals surface area contributed by atoms with Crippen molar-refractivity contribution in [1.29, 1.82) is 0 Å². The number of hydrogen-bond acceptors (Lipinski definition) is 3. The Morgan fingerprint density at radius 1 is 1.14 bits per heavy atom. The summed E-state index contributed by atoms with van der Waals surface area (Å²) in [5.41, 5.74) is 3.57. The lowest BCUT2D eigenvalue weighted by atomic mass is 9.98. The number of nitrogens with zero attached hydrogens (tertiary/aromatic N) is 1. The Balaban J connectivity index is 2.29. The van der Waals surface area contributed by atoms with E-state index in [2.05, 4.69) is 35.4 Å². The predicted octanol–water partition coefficient (Wildman–Crippen LogP) is 3.74. The third-order valence-electron chi connectivity index (χ3n) is 3.45. The molecule has 1 atom stereocenters. The lowest BCUT2D eigenvalue weighted by Gasteiger charge is -2.19. The summed E-state index contributed by atoms with van der Waals surface area (Å²) >= 11 is 0. The molecule has 1 aromatic carbocycles. The molecule has 1 aromatic heterocycles. The minimum Gasteiger partial charge on any atom is -0.491 e. The van der Waals surface area contributed by atoms with Crippen LogP contribution in [0.25, 0.3) is 0 Å². The molecule has 3 heteroatoms. The fourth-order valence-corrected chi connectivity index (χ4v) is 2.48. The fraction of sp³-hybridized carbons (Fsp3) is 0.389. The highest BCUT2D eigenvalue weighted by atomic mass is 16.5. The van der Waals surface area contributed by atoms with Gasteiger partial charge in [0, 0.05) is 6.20 Å². The van der Waals surface area contributed by atoms with Crippen molar-refractivity contribution >= 4 is 0 Å². The van der Waals surface area contributed by atoms with Gasteiger partial charge in [0.15, 0.2) is 0 Å². The summed E-state index contributed by atoms with van der Waals surface area (Å²) in [6, 6.07) is 12.5. The van der Waals surface area contributed by atoms with Crippen LogP contribution < -0.4 is 10.1 Å². The number of rotatable bonds is 6. The molecule has 2 aromatic rings. The summed E-state index contributed by atoms with van der Waals surface area (Å²) < 4.78 is 5.70. The van der Waals surface area contributed by atoms with Crippen LogP contribution in [0.3, 0.4) is 0 Å². The van der Waals surface area contributed by atoms with Crippen molar-refractivity contribution in [2.45, 2.75) is 39.3 Å². The molecule has 0 radical (unpaired) electrons. The number of pyridine rings is 1. The van der Waals surface area contributed by atoms with Crippen LogP contribution in [0.4, 0.5) is 0 Å². The van der Waals surface area contributed by atoms with Crippen LogP contribution in [-0.4, -0.2) is 18.1 Å². The Bertz CT molecular complexity index is 564. The zero-order chi connectivity index (χ0) is 15.2. The highest BCUT2D eigenvalue weighted by molar-refractivity contribution is 5.36. The normalized spacial score (nSPS) is 12.4. The molecule has 2 rings (SSSR count). The number of aromatic nitrogens is 1. The molecule has 1 N–H and O–H groups in total. The van der Waals surface area contributed by atoms with E-state index in [1.54, 1.807) is 0 Å². The first-order valence-corrected chi connectivity index (χ1v) is 7.53. The van der Waals surface area contributed by atoms with Crippen molar-refractivity contribution < 1.29 is 4.74 Å². The van der Waals surface area contributed by atoms with Crippen LogP contribution in [0.15, 0.2) is 42.6 Å². The standard InChI is InChI=1S/C18H24N2O/c1-5-14-7-6-12-20-18(14)17(19-4)15-8-10-16(11-9-15)21-13(2)3/h6-13,17,19H,5H2,1-4H3. The average Bonchev–Trinajstić information content (AvgIpc) is 2.49. The Labute approximate surface area is 127 Å². The quantitative estimate of drug-likeness (QED) is 0.877. The van der Waals surface area contributed by atoms with E-state index in [4.69, 9.17) is 4.74 Å². The Hall–Kier alpha value is -1.87. The zero-order valence-corrected chi connectivity index (χ0v) is 13.3. The van der Waals surface area contributed by atoms with E-state index in [1.165, 1.54) is 11.1 Å². The first-order chi connectivity index (χ1) is 10.2. The number of benzene rings is 1. The second kappa shape index (κ2) is 7.23. The van der Waals surface area contributed by atoms with Crippen LogP contribution in [-0.2, 0) is 6.42 Å². The molecule has 0 aliphatic rings. The summed E-state index contributed by atoms with van der Waals surface area (Å²) in [6.45, 7) is 6.23. The summed E-state index contributed by atoms with van der Waals surface area (Å²) in [4.78, 5) is 4.57. The SMILES string of the molecule is CCc1cccnc1C(NC)c1ccc(OC(C)C)cc1. The van der Waals surface area contributed by atoms with E-state index in [9.17, 15) is 0 Å². The second-order valence-electron chi connectivity index (χ2n) is 5.36. The van der Waals surface area contributed by atoms with Crippen LogP contribution in [0, 0.1) is 0 Å². The van der Waals surface area contributed by atoms with Crippen molar-refractivity contribution in [1.82, 2.24) is 10.3 Å². The van der Waals surface area contributed by atoms with Gasteiger partial charge in [0.25, 0.3) is 0 Å². The van der Waals surface area contributed by atoms with Gasteiger partial charge in [-0.05, 0) is 56.6 Å². The van der Waals surface area contributed by atoms with Crippen LogP contribution in [0.2, 0.25) is 0 Å². The Morgan fingerprint density at radius 2 is 1.86 bits per heavy atom. The highest BCUT2D eigenvalue weighted by Gasteiger charge is 2.16. The van der Waals surface area contributed by atoms with Crippen LogP contribution >= 0.6 is 0 Å². The van der Waals surface area contributed by atoms with Gasteiger partial charge in [0.05, 0.1) is 17.8 Å². The van der Waals surface area contributed by atoms with E-state index < -0.39 is 0 Å². The summed E-state index contributed by atoms with van der Waals surface area (Å²) in [6.07, 6.45) is 3.03. The first kappa shape index (κ1) is 15.5. The van der Waals surface area contributed by atoms with Crippen molar-refractivity contribution in [2.24, 2.45) is 0 Å². The van der Waals surface area contributed by atoms with E-state index in [0.29, 0.717) is 0 Å². The Morgan fingerprint density at radius 3 is 2.43 bits per heavy atom. The molecular formula is C18H24N2O. The molecule has 0 bridgehead atoms. The molecule has 0 saturated heterocycles. The summed E-state index contributed by atoms with van der Waals surface area (Å²) in [5, 5.41) is 3.37. The molecule has 21 heavy (non-hydrogen) atoms. The molecule has 3 nitrogen and oxygen atoms in total. The van der Waals surface area contributed by atoms with Gasteiger partial charge in [-0.15, -0.1) is 0 Å². The molecule has 0 spiro atoms. The lowest BCUT2D eigenvalue weighted by Crippen LogP contribution is -2.20. The van der Waals surface area contributed by atoms with Gasteiger partial charge in [-0.3, -0.25) is 4.98 Å². The van der Waals surface area contributed by atoms with E-state index in [-0.39, 0.29) is 12.1 Å². The zero-order valence-electron chi connectivity index (χ0n) is 13.3. The molecule has 0 amide bonds. The number of nitrogens with one attached hydrogen (secondary N) is 1. The van der Waals surface area contributed by atoms with Crippen molar-refractivity contribution in [2.75, 3.05) is 7.05 Å². The van der Waals surface area contributed by atoms with Crippen molar-refractivity contribution in [3.63, 3.8) is 0 Å². The van der Waals surface area contributed by atoms with Crippen LogP contribution in [0.1, 0.15) is 43.6 Å². The van der Waals surface area contributed by atoms with Crippen LogP contribution in [0.5, 0.6) is 5.75 Å². The largest absolute Gasteiger partial charge is 0.491 e. The summed E-state index contributed by atoms with van der Waals surface area (Å²) in [7, 11) is 1.97. The smallest absolute Gasteiger partial charge is 0.119 e. The molecule has 0 aliphatic heterocycles. The molecular weight excluding hydrogens is 260 g/mol. The molecule has 0 fully saturated rings.